The van der Waals surface area contributed by atoms with Crippen LogP contribution in [0.4, 0.5) is 0 Å². The first kappa shape index (κ1) is 22.5. The van der Waals surface area contributed by atoms with E-state index in [0.29, 0.717) is 28.7 Å². The van der Waals surface area contributed by atoms with Gasteiger partial charge in [0.1, 0.15) is 5.75 Å². The summed E-state index contributed by atoms with van der Waals surface area (Å²) in [6.45, 7) is 3.72. The summed E-state index contributed by atoms with van der Waals surface area (Å²) in [4.78, 5) is 36.4. The quantitative estimate of drug-likeness (QED) is 0.516. The van der Waals surface area contributed by atoms with Gasteiger partial charge in [-0.25, -0.2) is 4.79 Å². The van der Waals surface area contributed by atoms with E-state index >= 15 is 0 Å². The molecular weight excluding hydrogens is 394 g/mol. The molecule has 31 heavy (non-hydrogen) atoms. The van der Waals surface area contributed by atoms with Gasteiger partial charge in [0.2, 0.25) is 0 Å². The lowest BCUT2D eigenvalue weighted by Crippen LogP contribution is -2.45. The molecule has 1 N–H and O–H groups in total. The first-order valence-corrected chi connectivity index (χ1v) is 10.7. The van der Waals surface area contributed by atoms with E-state index in [9.17, 15) is 14.4 Å². The molecule has 1 fully saturated rings. The highest BCUT2D eigenvalue weighted by molar-refractivity contribution is 6.08. The zero-order chi connectivity index (χ0) is 22.2. The number of carbonyl (C=O) groups is 3. The van der Waals surface area contributed by atoms with Crippen LogP contribution in [0.1, 0.15) is 49.0 Å². The van der Waals surface area contributed by atoms with Gasteiger partial charge >= 0.3 is 5.97 Å². The number of hydrogen-bond donors (Lipinski definition) is 1. The molecule has 1 saturated carbocycles. The van der Waals surface area contributed by atoms with Gasteiger partial charge in [0.25, 0.3) is 5.91 Å². The lowest BCUT2D eigenvalue weighted by Gasteiger charge is -2.34. The fraction of sp³-hybridized carbons (Fsp3) is 0.400. The van der Waals surface area contributed by atoms with E-state index in [2.05, 4.69) is 19.2 Å². The highest BCUT2D eigenvalue weighted by Gasteiger charge is 2.28. The Hall–Kier alpha value is -3.15. The Kier molecular flexibility index (Phi) is 7.82. The summed E-state index contributed by atoms with van der Waals surface area (Å²) in [6.07, 6.45) is 3.23. The lowest BCUT2D eigenvalue weighted by atomic mass is 9.78. The molecule has 1 amide bonds. The van der Waals surface area contributed by atoms with E-state index in [0.717, 1.165) is 12.8 Å². The van der Waals surface area contributed by atoms with Crippen molar-refractivity contribution in [3.63, 3.8) is 0 Å². The number of hydrogen-bond acceptors (Lipinski definition) is 5. The number of ketones is 1. The Morgan fingerprint density at radius 1 is 0.903 bits per heavy atom. The van der Waals surface area contributed by atoms with Crippen molar-refractivity contribution >= 4 is 17.7 Å². The number of carbonyl (C=O) groups excluding carboxylic acids is 3. The third-order valence-corrected chi connectivity index (χ3v) is 5.93. The van der Waals surface area contributed by atoms with Crippen LogP contribution >= 0.6 is 0 Å². The monoisotopic (exact) mass is 423 g/mol. The minimum Gasteiger partial charge on any atom is -0.482 e. The maximum atomic E-state index is 12.4. The minimum absolute atomic E-state index is 0.0840. The zero-order valence-corrected chi connectivity index (χ0v) is 18.0. The van der Waals surface area contributed by atoms with E-state index < -0.39 is 5.97 Å². The average Bonchev–Trinajstić information content (AvgIpc) is 2.80. The topological polar surface area (TPSA) is 81.7 Å². The van der Waals surface area contributed by atoms with Crippen LogP contribution in [0.5, 0.6) is 5.75 Å². The molecule has 0 unspecified atom stereocenters. The summed E-state index contributed by atoms with van der Waals surface area (Å²) in [7, 11) is 0. The number of esters is 1. The van der Waals surface area contributed by atoms with Gasteiger partial charge in [-0.3, -0.25) is 9.59 Å². The van der Waals surface area contributed by atoms with E-state index in [4.69, 9.17) is 9.47 Å². The minimum atomic E-state index is -0.621. The number of ether oxygens (including phenoxy) is 2. The van der Waals surface area contributed by atoms with E-state index in [1.54, 1.807) is 36.4 Å². The van der Waals surface area contributed by atoms with Crippen LogP contribution in [0.3, 0.4) is 0 Å². The second-order valence-electron chi connectivity index (χ2n) is 8.11. The van der Waals surface area contributed by atoms with Crippen molar-refractivity contribution < 1.29 is 23.9 Å². The van der Waals surface area contributed by atoms with Gasteiger partial charge in [0, 0.05) is 17.2 Å². The SMILES string of the molecule is C[C@@H]1[C@H](C)CCC[C@@H]1NC(=O)COC(=O)COc1ccc(C(=O)c2ccccc2)cc1. The Labute approximate surface area is 182 Å². The summed E-state index contributed by atoms with van der Waals surface area (Å²) in [6, 6.07) is 15.7. The molecule has 0 heterocycles. The van der Waals surface area contributed by atoms with Crippen molar-refractivity contribution in [1.29, 1.82) is 0 Å². The molecule has 6 heteroatoms. The van der Waals surface area contributed by atoms with Crippen LogP contribution in [0, 0.1) is 11.8 Å². The van der Waals surface area contributed by atoms with E-state index in [1.807, 2.05) is 18.2 Å². The van der Waals surface area contributed by atoms with Crippen LogP contribution in [-0.2, 0) is 14.3 Å². The van der Waals surface area contributed by atoms with Crippen LogP contribution < -0.4 is 10.1 Å². The predicted molar refractivity (Wildman–Crippen MR) is 117 cm³/mol. The highest BCUT2D eigenvalue weighted by Crippen LogP contribution is 2.29. The largest absolute Gasteiger partial charge is 0.482 e. The predicted octanol–water partition coefficient (Wildman–Crippen LogP) is 3.78. The molecule has 0 bridgehead atoms. The molecule has 2 aromatic carbocycles. The van der Waals surface area contributed by atoms with Gasteiger partial charge < -0.3 is 14.8 Å². The Morgan fingerprint density at radius 2 is 1.58 bits per heavy atom. The third kappa shape index (κ3) is 6.41. The third-order valence-electron chi connectivity index (χ3n) is 5.93. The molecule has 1 aliphatic rings. The van der Waals surface area contributed by atoms with Crippen LogP contribution in [0.25, 0.3) is 0 Å². The lowest BCUT2D eigenvalue weighted by molar-refractivity contribution is -0.150. The molecule has 2 aromatic rings. The van der Waals surface area contributed by atoms with Gasteiger partial charge in [-0.05, 0) is 42.5 Å². The molecule has 0 radical (unpaired) electrons. The smallest absolute Gasteiger partial charge is 0.344 e. The fourth-order valence-electron chi connectivity index (χ4n) is 3.82. The first-order chi connectivity index (χ1) is 14.9. The molecule has 1 aliphatic carbocycles. The summed E-state index contributed by atoms with van der Waals surface area (Å²) in [5.41, 5.74) is 1.14. The van der Waals surface area contributed by atoms with Crippen molar-refractivity contribution in [2.75, 3.05) is 13.2 Å². The number of benzene rings is 2. The zero-order valence-electron chi connectivity index (χ0n) is 18.0. The molecule has 0 aromatic heterocycles. The molecular formula is C25H29NO5. The highest BCUT2D eigenvalue weighted by atomic mass is 16.6. The van der Waals surface area contributed by atoms with Gasteiger partial charge in [-0.2, -0.15) is 0 Å². The fourth-order valence-corrected chi connectivity index (χ4v) is 3.82. The standard InChI is InChI=1S/C25H29NO5/c1-17-7-6-10-22(18(17)2)26-23(27)15-31-24(28)16-30-21-13-11-20(12-14-21)25(29)19-8-4-3-5-9-19/h3-5,8-9,11-14,17-18,22H,6-7,10,15-16H2,1-2H3,(H,26,27)/t17-,18-,22+/m1/s1. The molecule has 164 valence electrons. The van der Waals surface area contributed by atoms with Crippen molar-refractivity contribution in [1.82, 2.24) is 5.32 Å². The molecule has 6 nitrogen and oxygen atoms in total. The van der Waals surface area contributed by atoms with Crippen molar-refractivity contribution in [3.8, 4) is 5.75 Å². The Balaban J connectivity index is 1.40. The number of amides is 1. The van der Waals surface area contributed by atoms with E-state index in [1.165, 1.54) is 6.42 Å². The van der Waals surface area contributed by atoms with E-state index in [-0.39, 0.29) is 30.9 Å². The van der Waals surface area contributed by atoms with Crippen molar-refractivity contribution in [2.45, 2.75) is 39.2 Å². The number of nitrogens with one attached hydrogen (secondary N) is 1. The summed E-state index contributed by atoms with van der Waals surface area (Å²) in [5, 5.41) is 2.97. The van der Waals surface area contributed by atoms with Gasteiger partial charge in [0.15, 0.2) is 19.0 Å². The molecule has 3 rings (SSSR count). The second-order valence-corrected chi connectivity index (χ2v) is 8.11. The number of rotatable bonds is 8. The summed E-state index contributed by atoms with van der Waals surface area (Å²) in [5.74, 6) is 0.431. The van der Waals surface area contributed by atoms with Gasteiger partial charge in [0.05, 0.1) is 0 Å². The maximum Gasteiger partial charge on any atom is 0.344 e. The molecule has 0 saturated heterocycles. The Bertz CT molecular complexity index is 894. The van der Waals surface area contributed by atoms with Gasteiger partial charge in [-0.1, -0.05) is 57.0 Å². The average molecular weight is 424 g/mol. The Morgan fingerprint density at radius 3 is 2.29 bits per heavy atom. The van der Waals surface area contributed by atoms with Crippen molar-refractivity contribution in [3.05, 3.63) is 65.7 Å². The van der Waals surface area contributed by atoms with Crippen LogP contribution in [0.2, 0.25) is 0 Å². The van der Waals surface area contributed by atoms with Crippen molar-refractivity contribution in [2.24, 2.45) is 11.8 Å². The first-order valence-electron chi connectivity index (χ1n) is 10.7. The molecule has 0 spiro atoms. The molecule has 0 aliphatic heterocycles. The van der Waals surface area contributed by atoms with Crippen LogP contribution in [0.15, 0.2) is 54.6 Å². The normalized spacial score (nSPS) is 20.5. The van der Waals surface area contributed by atoms with Crippen LogP contribution in [-0.4, -0.2) is 36.9 Å². The molecule has 3 atom stereocenters. The summed E-state index contributed by atoms with van der Waals surface area (Å²) >= 11 is 0. The maximum absolute atomic E-state index is 12.4. The second kappa shape index (κ2) is 10.8. The summed E-state index contributed by atoms with van der Waals surface area (Å²) < 4.78 is 10.4. The van der Waals surface area contributed by atoms with Gasteiger partial charge in [-0.15, -0.1) is 0 Å².